The number of hydrogen-bond acceptors (Lipinski definition) is 17. The molecule has 1 aromatic carbocycles. The molecule has 3 saturated heterocycles. The van der Waals surface area contributed by atoms with Crippen molar-refractivity contribution in [1.82, 2.24) is 15.5 Å². The molecular formula is C53H89N3O16. The summed E-state index contributed by atoms with van der Waals surface area (Å²) in [5, 5.41) is 50.3. The van der Waals surface area contributed by atoms with Crippen molar-refractivity contribution in [2.45, 2.75) is 211 Å². The van der Waals surface area contributed by atoms with Gasteiger partial charge in [0.2, 0.25) is 5.91 Å². The molecule has 2 amide bonds. The monoisotopic (exact) mass is 1020 g/mol. The van der Waals surface area contributed by atoms with Gasteiger partial charge >= 0.3 is 12.1 Å². The molecule has 6 N–H and O–H groups in total. The van der Waals surface area contributed by atoms with Crippen molar-refractivity contribution in [3.05, 3.63) is 29.8 Å². The van der Waals surface area contributed by atoms with Crippen LogP contribution < -0.4 is 10.6 Å². The number of aliphatic hydroxyl groups excluding tert-OH is 2. The third-order valence-electron chi connectivity index (χ3n) is 15.5. The first-order chi connectivity index (χ1) is 33.7. The number of Topliss-reactive ketones (excluding diaryl/α,β-unsaturated/α-hetero) is 1. The van der Waals surface area contributed by atoms with Crippen LogP contribution in [0.25, 0.3) is 0 Å². The first kappa shape index (κ1) is 61.1. The lowest BCUT2D eigenvalue weighted by molar-refractivity contribution is -0.319. The molecule has 4 rings (SSSR count). The van der Waals surface area contributed by atoms with Crippen LogP contribution in [0.15, 0.2) is 24.3 Å². The first-order valence-electron chi connectivity index (χ1n) is 25.9. The van der Waals surface area contributed by atoms with Gasteiger partial charge in [0, 0.05) is 63.9 Å². The Hall–Kier alpha value is -3.50. The number of cyclic esters (lactones) is 1. The molecule has 0 spiro atoms. The Bertz CT molecular complexity index is 1890. The molecule has 0 aromatic heterocycles. The molecule has 3 fully saturated rings. The van der Waals surface area contributed by atoms with Gasteiger partial charge in [0.15, 0.2) is 18.7 Å². The SMILES string of the molecule is CC[C@H]1OC(=O)[C@H](C)[C@@H](O[C@H]2C[C@@](C)(OC)[C@@H](OC(=O)NCCCCCC(=O)NCCc3ccc(O)cc3)[C@H](C)O2)[C@H](C)[C@@H](O[C@@H]2O[C@H](C)C[C@H](N(C)C)[C@H]2O)[C@](C)(OC)C[C@@H](C)C(=O)[C@H](C)[C@@H](O)[C@]1(C)O. The lowest BCUT2D eigenvalue weighted by Gasteiger charge is -2.50. The highest BCUT2D eigenvalue weighted by Crippen LogP contribution is 2.42. The number of alkyl carbamates (subject to hydrolysis) is 1. The number of phenolic OH excluding ortho intramolecular Hbond substituents is 1. The molecule has 0 saturated carbocycles. The van der Waals surface area contributed by atoms with E-state index in [1.807, 2.05) is 45.0 Å². The van der Waals surface area contributed by atoms with Crippen molar-refractivity contribution in [2.75, 3.05) is 41.4 Å². The highest BCUT2D eigenvalue weighted by Gasteiger charge is 2.55. The summed E-state index contributed by atoms with van der Waals surface area (Å²) in [6.07, 6.45) is -7.25. The summed E-state index contributed by atoms with van der Waals surface area (Å²) in [6.45, 7) is 17.8. The Morgan fingerprint density at radius 3 is 2.08 bits per heavy atom. The van der Waals surface area contributed by atoms with Gasteiger partial charge in [0.05, 0.1) is 42.0 Å². The third kappa shape index (κ3) is 15.5. The summed E-state index contributed by atoms with van der Waals surface area (Å²) in [5.41, 5.74) is -3.49. The van der Waals surface area contributed by atoms with Crippen molar-refractivity contribution in [3.63, 3.8) is 0 Å². The van der Waals surface area contributed by atoms with Gasteiger partial charge in [-0.05, 0) is 112 Å². The van der Waals surface area contributed by atoms with Gasteiger partial charge < -0.3 is 73.9 Å². The summed E-state index contributed by atoms with van der Waals surface area (Å²) in [5.74, 6) is -4.65. The maximum atomic E-state index is 14.5. The second-order valence-electron chi connectivity index (χ2n) is 21.5. The predicted molar refractivity (Wildman–Crippen MR) is 267 cm³/mol. The first-order valence-corrected chi connectivity index (χ1v) is 25.9. The van der Waals surface area contributed by atoms with Crippen LogP contribution in [-0.4, -0.2) is 175 Å². The van der Waals surface area contributed by atoms with E-state index in [0.29, 0.717) is 51.6 Å². The number of carbonyl (C=O) groups is 4. The van der Waals surface area contributed by atoms with Crippen LogP contribution in [0.1, 0.15) is 126 Å². The van der Waals surface area contributed by atoms with E-state index in [1.165, 1.54) is 21.1 Å². The largest absolute Gasteiger partial charge is 0.508 e. The van der Waals surface area contributed by atoms with Crippen LogP contribution in [0, 0.1) is 23.7 Å². The Kier molecular flexibility index (Phi) is 22.7. The second-order valence-corrected chi connectivity index (χ2v) is 21.5. The average Bonchev–Trinajstić information content (AvgIpc) is 3.33. The van der Waals surface area contributed by atoms with E-state index in [0.717, 1.165) is 5.56 Å². The number of unbranched alkanes of at least 4 members (excludes halogenated alkanes) is 2. The minimum absolute atomic E-state index is 0.0369. The number of rotatable bonds is 18. The molecule has 18 atom stereocenters. The molecule has 0 aliphatic carbocycles. The molecule has 0 radical (unpaired) electrons. The number of ketones is 1. The number of aliphatic hydroxyl groups is 3. The average molecular weight is 1020 g/mol. The minimum Gasteiger partial charge on any atom is -0.508 e. The van der Waals surface area contributed by atoms with E-state index in [-0.39, 0.29) is 48.8 Å². The van der Waals surface area contributed by atoms with Gasteiger partial charge in [-0.15, -0.1) is 0 Å². The number of likely N-dealkylation sites (N-methyl/N-ethyl adjacent to an activating group) is 1. The fourth-order valence-electron chi connectivity index (χ4n) is 10.8. The quantitative estimate of drug-likeness (QED) is 0.0854. The van der Waals surface area contributed by atoms with Gasteiger partial charge in [-0.2, -0.15) is 0 Å². The number of ether oxygens (including phenoxy) is 8. The molecule has 3 aliphatic rings. The number of aromatic hydroxyl groups is 1. The number of esters is 1. The Morgan fingerprint density at radius 1 is 0.833 bits per heavy atom. The van der Waals surface area contributed by atoms with Gasteiger partial charge in [0.25, 0.3) is 0 Å². The van der Waals surface area contributed by atoms with E-state index in [9.17, 15) is 39.6 Å². The summed E-state index contributed by atoms with van der Waals surface area (Å²) in [7, 11) is 6.72. The van der Waals surface area contributed by atoms with Crippen LogP contribution in [0.4, 0.5) is 4.79 Å². The highest BCUT2D eigenvalue weighted by atomic mass is 16.7. The Labute approximate surface area is 427 Å². The number of methoxy groups -OCH3 is 2. The minimum atomic E-state index is -2.02. The van der Waals surface area contributed by atoms with E-state index in [4.69, 9.17) is 37.9 Å². The molecule has 1 aromatic rings. The van der Waals surface area contributed by atoms with Crippen LogP contribution in [-0.2, 0) is 58.7 Å². The number of amides is 2. The maximum absolute atomic E-state index is 14.5. The zero-order valence-corrected chi connectivity index (χ0v) is 45.4. The summed E-state index contributed by atoms with van der Waals surface area (Å²) in [6, 6.07) is 6.53. The fourth-order valence-corrected chi connectivity index (χ4v) is 10.8. The highest BCUT2D eigenvalue weighted by molar-refractivity contribution is 5.83. The molecule has 0 unspecified atom stereocenters. The summed E-state index contributed by atoms with van der Waals surface area (Å²) in [4.78, 5) is 56.2. The van der Waals surface area contributed by atoms with Crippen molar-refractivity contribution in [1.29, 1.82) is 0 Å². The smallest absolute Gasteiger partial charge is 0.407 e. The van der Waals surface area contributed by atoms with Crippen molar-refractivity contribution >= 4 is 23.8 Å². The van der Waals surface area contributed by atoms with E-state index >= 15 is 0 Å². The number of benzene rings is 1. The molecule has 3 heterocycles. The zero-order valence-electron chi connectivity index (χ0n) is 45.4. The third-order valence-corrected chi connectivity index (χ3v) is 15.5. The summed E-state index contributed by atoms with van der Waals surface area (Å²) < 4.78 is 51.0. The molecular weight excluding hydrogens is 935 g/mol. The predicted octanol–water partition coefficient (Wildman–Crippen LogP) is 4.80. The molecule has 412 valence electrons. The summed E-state index contributed by atoms with van der Waals surface area (Å²) >= 11 is 0. The van der Waals surface area contributed by atoms with Gasteiger partial charge in [-0.3, -0.25) is 14.4 Å². The zero-order chi connectivity index (χ0) is 53.9. The number of hydrogen-bond donors (Lipinski definition) is 6. The molecule has 72 heavy (non-hydrogen) atoms. The molecule has 19 heteroatoms. The standard InChI is InChI=1S/C53H89N3O16/c1-15-39-53(10,64)45(61)32(4)42(59)30(2)28-51(8,65-13)46(71-49-43(60)38(56(11)12)27-31(3)67-49)33(5)44(34(6)48(62)69-39)70-41-29-52(9,66-14)47(35(7)68-41)72-50(63)55-25-18-16-17-19-40(58)54-26-24-36-20-22-37(57)23-21-36/h20-23,30-35,38-39,41,43-47,49,57,60-61,64H,15-19,24-29H2,1-14H3,(H,54,58)(H,55,63)/t30-,31-,32+,33+,34-,35+,38+,39-,41+,43-,44+,45-,46-,47+,49+,51-,52-,53-/m1/s1. The van der Waals surface area contributed by atoms with Crippen molar-refractivity contribution < 1.29 is 77.5 Å². The van der Waals surface area contributed by atoms with E-state index in [1.54, 1.807) is 60.6 Å². The number of phenols is 1. The Morgan fingerprint density at radius 2 is 1.47 bits per heavy atom. The lowest BCUT2D eigenvalue weighted by atomic mass is 9.74. The van der Waals surface area contributed by atoms with Gasteiger partial charge in [-0.25, -0.2) is 4.79 Å². The Balaban J connectivity index is 1.55. The van der Waals surface area contributed by atoms with Crippen LogP contribution in [0.2, 0.25) is 0 Å². The van der Waals surface area contributed by atoms with E-state index in [2.05, 4.69) is 10.6 Å². The van der Waals surface area contributed by atoms with Crippen LogP contribution in [0.5, 0.6) is 5.75 Å². The van der Waals surface area contributed by atoms with Crippen molar-refractivity contribution in [3.8, 4) is 5.75 Å². The normalized spacial score (nSPS) is 38.4. The number of nitrogens with one attached hydrogen (secondary N) is 2. The van der Waals surface area contributed by atoms with Gasteiger partial charge in [0.1, 0.15) is 34.9 Å². The van der Waals surface area contributed by atoms with Crippen LogP contribution in [0.3, 0.4) is 0 Å². The van der Waals surface area contributed by atoms with Crippen LogP contribution >= 0.6 is 0 Å². The molecule has 0 bridgehead atoms. The lowest BCUT2D eigenvalue weighted by Crippen LogP contribution is -2.62. The maximum Gasteiger partial charge on any atom is 0.407 e. The molecule has 3 aliphatic heterocycles. The van der Waals surface area contributed by atoms with Gasteiger partial charge in [-0.1, -0.05) is 46.2 Å². The molecule has 19 nitrogen and oxygen atoms in total. The number of carbonyl (C=O) groups excluding carboxylic acids is 4. The second kappa shape index (κ2) is 26.8. The topological polar surface area (TPSA) is 250 Å². The van der Waals surface area contributed by atoms with Crippen molar-refractivity contribution in [2.24, 2.45) is 23.7 Å². The number of nitrogens with zero attached hydrogens (tertiary/aromatic N) is 1. The van der Waals surface area contributed by atoms with E-state index < -0.39 is 108 Å². The fraction of sp³-hybridized carbons (Fsp3) is 0.811.